The van der Waals surface area contributed by atoms with Crippen LogP contribution in [0, 0.1) is 6.92 Å². The van der Waals surface area contributed by atoms with Crippen LogP contribution in [0.3, 0.4) is 0 Å². The number of nitrogens with zero attached hydrogens (tertiary/aromatic N) is 2. The molecule has 1 aliphatic heterocycles. The zero-order chi connectivity index (χ0) is 9.97. The molecule has 0 radical (unpaired) electrons. The van der Waals surface area contributed by atoms with Crippen molar-refractivity contribution in [1.29, 1.82) is 0 Å². The van der Waals surface area contributed by atoms with E-state index in [4.69, 9.17) is 0 Å². The smallest absolute Gasteiger partial charge is 0.128 e. The molecule has 1 aromatic rings. The average molecular weight is 192 g/mol. The highest BCUT2D eigenvalue weighted by molar-refractivity contribution is 5.39. The summed E-state index contributed by atoms with van der Waals surface area (Å²) in [4.78, 5) is 6.50. The van der Waals surface area contributed by atoms with Gasteiger partial charge in [0.2, 0.25) is 0 Å². The lowest BCUT2D eigenvalue weighted by molar-refractivity contribution is 0.154. The molecule has 0 unspecified atom stereocenters. The highest BCUT2D eigenvalue weighted by Gasteiger charge is 2.18. The number of piperidine rings is 1. The Morgan fingerprint density at radius 2 is 2.36 bits per heavy atom. The fourth-order valence-electron chi connectivity index (χ4n) is 1.81. The molecule has 1 atom stereocenters. The first kappa shape index (κ1) is 9.46. The molecule has 1 N–H and O–H groups in total. The number of β-amino-alcohol motifs (C(OH)–C–C–N with tert-alkyl or cyclic N) is 1. The molecule has 76 valence electrons. The number of anilines is 1. The van der Waals surface area contributed by atoms with Crippen LogP contribution >= 0.6 is 0 Å². The first-order valence-electron chi connectivity index (χ1n) is 5.11. The number of aliphatic hydroxyl groups is 1. The minimum atomic E-state index is -0.188. The molecule has 0 spiro atoms. The molecule has 1 aromatic heterocycles. The summed E-state index contributed by atoms with van der Waals surface area (Å²) in [6.07, 6.45) is 3.65. The summed E-state index contributed by atoms with van der Waals surface area (Å²) < 4.78 is 0. The molecule has 0 amide bonds. The standard InChI is InChI=1S/C11H16N2O/c1-9-4-5-11(12-7-9)13-6-2-3-10(14)8-13/h4-5,7,10,14H,2-3,6,8H2,1H3/t10-/m1/s1. The van der Waals surface area contributed by atoms with Crippen LogP contribution in [0.1, 0.15) is 18.4 Å². The SMILES string of the molecule is Cc1ccc(N2CCC[C@@H](O)C2)nc1. The van der Waals surface area contributed by atoms with E-state index in [2.05, 4.69) is 16.0 Å². The summed E-state index contributed by atoms with van der Waals surface area (Å²) >= 11 is 0. The second-order valence-electron chi connectivity index (χ2n) is 3.94. The minimum Gasteiger partial charge on any atom is -0.391 e. The predicted octanol–water partition coefficient (Wildman–Crippen LogP) is 1.35. The Kier molecular flexibility index (Phi) is 2.68. The van der Waals surface area contributed by atoms with Crippen molar-refractivity contribution in [3.63, 3.8) is 0 Å². The zero-order valence-electron chi connectivity index (χ0n) is 8.48. The van der Waals surface area contributed by atoms with Gasteiger partial charge in [0, 0.05) is 19.3 Å². The van der Waals surface area contributed by atoms with E-state index in [1.807, 2.05) is 19.2 Å². The lowest BCUT2D eigenvalue weighted by atomic mass is 10.1. The van der Waals surface area contributed by atoms with Crippen molar-refractivity contribution < 1.29 is 5.11 Å². The highest BCUT2D eigenvalue weighted by Crippen LogP contribution is 2.17. The van der Waals surface area contributed by atoms with Gasteiger partial charge in [-0.3, -0.25) is 0 Å². The number of aryl methyl sites for hydroxylation is 1. The Labute approximate surface area is 84.4 Å². The third-order valence-electron chi connectivity index (χ3n) is 2.62. The largest absolute Gasteiger partial charge is 0.391 e. The van der Waals surface area contributed by atoms with E-state index in [0.29, 0.717) is 0 Å². The normalized spacial score (nSPS) is 22.4. The molecule has 3 heteroatoms. The Bertz CT molecular complexity index is 297. The fourth-order valence-corrected chi connectivity index (χ4v) is 1.81. The van der Waals surface area contributed by atoms with Gasteiger partial charge in [-0.15, -0.1) is 0 Å². The quantitative estimate of drug-likeness (QED) is 0.729. The van der Waals surface area contributed by atoms with Gasteiger partial charge >= 0.3 is 0 Å². The molecule has 1 aliphatic rings. The third-order valence-corrected chi connectivity index (χ3v) is 2.62. The van der Waals surface area contributed by atoms with Crippen molar-refractivity contribution >= 4 is 5.82 Å². The summed E-state index contributed by atoms with van der Waals surface area (Å²) in [6.45, 7) is 3.75. The van der Waals surface area contributed by atoms with Gasteiger partial charge < -0.3 is 10.0 Å². The number of hydrogen-bond acceptors (Lipinski definition) is 3. The third kappa shape index (κ3) is 2.04. The molecule has 0 aromatic carbocycles. The lowest BCUT2D eigenvalue weighted by Crippen LogP contribution is -2.38. The molecule has 14 heavy (non-hydrogen) atoms. The molecule has 3 nitrogen and oxygen atoms in total. The summed E-state index contributed by atoms with van der Waals surface area (Å²) in [6, 6.07) is 4.08. The summed E-state index contributed by atoms with van der Waals surface area (Å²) in [5.41, 5.74) is 1.17. The lowest BCUT2D eigenvalue weighted by Gasteiger charge is -2.30. The Morgan fingerprint density at radius 3 is 3.00 bits per heavy atom. The number of hydrogen-bond donors (Lipinski definition) is 1. The van der Waals surface area contributed by atoms with Crippen LogP contribution in [-0.2, 0) is 0 Å². The van der Waals surface area contributed by atoms with Gasteiger partial charge in [-0.1, -0.05) is 6.07 Å². The molecule has 0 aliphatic carbocycles. The van der Waals surface area contributed by atoms with Crippen LogP contribution in [0.4, 0.5) is 5.82 Å². The van der Waals surface area contributed by atoms with Crippen LogP contribution in [0.25, 0.3) is 0 Å². The first-order valence-corrected chi connectivity index (χ1v) is 5.11. The van der Waals surface area contributed by atoms with Gasteiger partial charge in [0.25, 0.3) is 0 Å². The monoisotopic (exact) mass is 192 g/mol. The number of aliphatic hydroxyl groups excluding tert-OH is 1. The Hall–Kier alpha value is -1.09. The van der Waals surface area contributed by atoms with Crippen molar-refractivity contribution in [1.82, 2.24) is 4.98 Å². The van der Waals surface area contributed by atoms with Crippen LogP contribution in [0.15, 0.2) is 18.3 Å². The number of aromatic nitrogens is 1. The fraction of sp³-hybridized carbons (Fsp3) is 0.545. The van der Waals surface area contributed by atoms with Gasteiger partial charge in [-0.25, -0.2) is 4.98 Å². The molecular weight excluding hydrogens is 176 g/mol. The van der Waals surface area contributed by atoms with Crippen LogP contribution in [0.2, 0.25) is 0 Å². The van der Waals surface area contributed by atoms with Crippen molar-refractivity contribution in [3.05, 3.63) is 23.9 Å². The van der Waals surface area contributed by atoms with Crippen molar-refractivity contribution in [2.75, 3.05) is 18.0 Å². The molecule has 2 heterocycles. The first-order chi connectivity index (χ1) is 6.75. The van der Waals surface area contributed by atoms with Gasteiger partial charge in [-0.2, -0.15) is 0 Å². The van der Waals surface area contributed by atoms with E-state index in [1.54, 1.807) is 0 Å². The number of pyridine rings is 1. The minimum absolute atomic E-state index is 0.188. The topological polar surface area (TPSA) is 36.4 Å². The summed E-state index contributed by atoms with van der Waals surface area (Å²) in [7, 11) is 0. The molecule has 1 fully saturated rings. The average Bonchev–Trinajstić information content (AvgIpc) is 2.19. The Morgan fingerprint density at radius 1 is 1.50 bits per heavy atom. The van der Waals surface area contributed by atoms with Gasteiger partial charge in [0.15, 0.2) is 0 Å². The molecule has 1 saturated heterocycles. The molecule has 0 bridgehead atoms. The maximum Gasteiger partial charge on any atom is 0.128 e. The van der Waals surface area contributed by atoms with Gasteiger partial charge in [-0.05, 0) is 31.4 Å². The number of rotatable bonds is 1. The van der Waals surface area contributed by atoms with Crippen LogP contribution < -0.4 is 4.90 Å². The van der Waals surface area contributed by atoms with E-state index in [-0.39, 0.29) is 6.10 Å². The zero-order valence-corrected chi connectivity index (χ0v) is 8.48. The molecule has 0 saturated carbocycles. The summed E-state index contributed by atoms with van der Waals surface area (Å²) in [5, 5.41) is 9.53. The van der Waals surface area contributed by atoms with Crippen LogP contribution in [0.5, 0.6) is 0 Å². The second kappa shape index (κ2) is 3.96. The maximum absolute atomic E-state index is 9.53. The van der Waals surface area contributed by atoms with Crippen molar-refractivity contribution in [2.45, 2.75) is 25.9 Å². The van der Waals surface area contributed by atoms with E-state index >= 15 is 0 Å². The van der Waals surface area contributed by atoms with E-state index in [0.717, 1.165) is 31.7 Å². The molecular formula is C11H16N2O. The predicted molar refractivity (Wildman–Crippen MR) is 56.4 cm³/mol. The second-order valence-corrected chi connectivity index (χ2v) is 3.94. The summed E-state index contributed by atoms with van der Waals surface area (Å²) in [5.74, 6) is 0.981. The van der Waals surface area contributed by atoms with Crippen molar-refractivity contribution in [3.8, 4) is 0 Å². The van der Waals surface area contributed by atoms with E-state index in [9.17, 15) is 5.11 Å². The maximum atomic E-state index is 9.53. The Balaban J connectivity index is 2.10. The molecule has 2 rings (SSSR count). The highest BCUT2D eigenvalue weighted by atomic mass is 16.3. The van der Waals surface area contributed by atoms with Crippen molar-refractivity contribution in [2.24, 2.45) is 0 Å². The van der Waals surface area contributed by atoms with E-state index in [1.165, 1.54) is 5.56 Å². The van der Waals surface area contributed by atoms with E-state index < -0.39 is 0 Å². The van der Waals surface area contributed by atoms with Gasteiger partial charge in [0.05, 0.1) is 6.10 Å². The van der Waals surface area contributed by atoms with Crippen LogP contribution in [-0.4, -0.2) is 29.3 Å². The van der Waals surface area contributed by atoms with Gasteiger partial charge in [0.1, 0.15) is 5.82 Å².